The highest BCUT2D eigenvalue weighted by Gasteiger charge is 2.28. The number of rotatable bonds is 4. The minimum atomic E-state index is 0.0379. The van der Waals surface area contributed by atoms with Gasteiger partial charge in [-0.3, -0.25) is 4.79 Å². The van der Waals surface area contributed by atoms with E-state index in [1.54, 1.807) is 0 Å². The summed E-state index contributed by atoms with van der Waals surface area (Å²) < 4.78 is 5.30. The molecule has 1 saturated carbocycles. The van der Waals surface area contributed by atoms with E-state index < -0.39 is 0 Å². The molecule has 0 aromatic heterocycles. The Morgan fingerprint density at radius 2 is 1.69 bits per heavy atom. The van der Waals surface area contributed by atoms with Gasteiger partial charge in [0, 0.05) is 0 Å². The summed E-state index contributed by atoms with van der Waals surface area (Å²) in [5, 5.41) is 0. The predicted octanol–water partition coefficient (Wildman–Crippen LogP) is 3.65. The molecule has 1 rings (SSSR count). The van der Waals surface area contributed by atoms with Crippen molar-refractivity contribution in [1.29, 1.82) is 0 Å². The molecule has 0 amide bonds. The van der Waals surface area contributed by atoms with Gasteiger partial charge in [-0.2, -0.15) is 0 Å². The molecule has 2 nitrogen and oxygen atoms in total. The molecule has 1 aliphatic carbocycles. The second kappa shape index (κ2) is 6.27. The maximum absolute atomic E-state index is 11.8. The lowest BCUT2D eigenvalue weighted by Gasteiger charge is -2.29. The van der Waals surface area contributed by atoms with Crippen molar-refractivity contribution >= 4 is 5.97 Å². The fourth-order valence-corrected chi connectivity index (χ4v) is 2.39. The van der Waals surface area contributed by atoms with Crippen molar-refractivity contribution in [2.75, 3.05) is 6.61 Å². The second-order valence-electron chi connectivity index (χ2n) is 5.88. The van der Waals surface area contributed by atoms with Crippen LogP contribution in [0.1, 0.15) is 53.4 Å². The molecule has 1 aliphatic rings. The minimum absolute atomic E-state index is 0.0379. The fraction of sp³-hybridized carbons (Fsp3) is 0.929. The number of carbonyl (C=O) groups excluding carboxylic acids is 1. The summed E-state index contributed by atoms with van der Waals surface area (Å²) in [5.41, 5.74) is 0. The zero-order valence-corrected chi connectivity index (χ0v) is 11.2. The monoisotopic (exact) mass is 226 g/mol. The fourth-order valence-electron chi connectivity index (χ4n) is 2.39. The number of ether oxygens (including phenoxy) is 1. The third-order valence-corrected chi connectivity index (χ3v) is 3.61. The van der Waals surface area contributed by atoms with Gasteiger partial charge in [0.05, 0.1) is 12.5 Å². The van der Waals surface area contributed by atoms with Crippen LogP contribution in [0, 0.1) is 23.7 Å². The Kier molecular flexibility index (Phi) is 5.30. The molecule has 0 spiro atoms. The van der Waals surface area contributed by atoms with E-state index in [4.69, 9.17) is 4.74 Å². The van der Waals surface area contributed by atoms with E-state index in [0.29, 0.717) is 12.5 Å². The summed E-state index contributed by atoms with van der Waals surface area (Å²) in [6.07, 6.45) is 4.44. The van der Waals surface area contributed by atoms with Crippen LogP contribution in [0.15, 0.2) is 0 Å². The second-order valence-corrected chi connectivity index (χ2v) is 5.88. The molecule has 2 heteroatoms. The molecule has 0 saturated heterocycles. The summed E-state index contributed by atoms with van der Waals surface area (Å²) in [4.78, 5) is 11.8. The van der Waals surface area contributed by atoms with Crippen molar-refractivity contribution < 1.29 is 9.53 Å². The van der Waals surface area contributed by atoms with Crippen LogP contribution in [0.3, 0.4) is 0 Å². The van der Waals surface area contributed by atoms with Gasteiger partial charge in [0.1, 0.15) is 0 Å². The zero-order valence-electron chi connectivity index (χ0n) is 11.2. The Hall–Kier alpha value is -0.530. The van der Waals surface area contributed by atoms with Crippen molar-refractivity contribution in [2.45, 2.75) is 53.4 Å². The van der Waals surface area contributed by atoms with Crippen LogP contribution in [-0.2, 0) is 9.53 Å². The van der Waals surface area contributed by atoms with Crippen LogP contribution in [0.5, 0.6) is 0 Å². The number of carbonyl (C=O) groups is 1. The molecule has 0 radical (unpaired) electrons. The van der Waals surface area contributed by atoms with E-state index in [1.165, 1.54) is 12.8 Å². The molecule has 0 bridgehead atoms. The van der Waals surface area contributed by atoms with Crippen molar-refractivity contribution in [3.63, 3.8) is 0 Å². The third-order valence-electron chi connectivity index (χ3n) is 3.61. The smallest absolute Gasteiger partial charge is 0.308 e. The molecule has 0 aliphatic heterocycles. The van der Waals surface area contributed by atoms with Gasteiger partial charge in [-0.1, -0.05) is 27.7 Å². The third kappa shape index (κ3) is 4.15. The Balaban J connectivity index is 2.27. The largest absolute Gasteiger partial charge is 0.465 e. The van der Waals surface area contributed by atoms with Gasteiger partial charge in [-0.05, 0) is 43.4 Å². The molecule has 0 atom stereocenters. The van der Waals surface area contributed by atoms with Gasteiger partial charge in [-0.15, -0.1) is 0 Å². The lowest BCUT2D eigenvalue weighted by molar-refractivity contribution is -0.151. The number of hydrogen-bond donors (Lipinski definition) is 0. The van der Waals surface area contributed by atoms with E-state index in [-0.39, 0.29) is 11.9 Å². The highest BCUT2D eigenvalue weighted by molar-refractivity contribution is 5.72. The Morgan fingerprint density at radius 3 is 2.12 bits per heavy atom. The molecule has 0 aromatic rings. The first-order valence-corrected chi connectivity index (χ1v) is 6.67. The zero-order chi connectivity index (χ0) is 12.1. The maximum Gasteiger partial charge on any atom is 0.308 e. The van der Waals surface area contributed by atoms with Gasteiger partial charge in [-0.25, -0.2) is 0 Å². The van der Waals surface area contributed by atoms with Crippen LogP contribution in [0.25, 0.3) is 0 Å². The van der Waals surface area contributed by atoms with Gasteiger partial charge in [0.15, 0.2) is 0 Å². The van der Waals surface area contributed by atoms with Crippen molar-refractivity contribution in [3.8, 4) is 0 Å². The molecule has 0 unspecified atom stereocenters. The molecular weight excluding hydrogens is 200 g/mol. The molecule has 0 aromatic carbocycles. The quantitative estimate of drug-likeness (QED) is 0.684. The first kappa shape index (κ1) is 13.5. The highest BCUT2D eigenvalue weighted by Crippen LogP contribution is 2.33. The summed E-state index contributed by atoms with van der Waals surface area (Å²) >= 11 is 0. The Morgan fingerprint density at radius 1 is 1.12 bits per heavy atom. The van der Waals surface area contributed by atoms with E-state index in [2.05, 4.69) is 27.7 Å². The first-order chi connectivity index (χ1) is 7.50. The van der Waals surface area contributed by atoms with Crippen molar-refractivity contribution in [2.24, 2.45) is 23.7 Å². The summed E-state index contributed by atoms with van der Waals surface area (Å²) in [6.45, 7) is 9.28. The normalized spacial score (nSPS) is 26.1. The van der Waals surface area contributed by atoms with E-state index in [0.717, 1.165) is 24.7 Å². The number of esters is 1. The molecule has 1 fully saturated rings. The summed E-state index contributed by atoms with van der Waals surface area (Å²) in [5.74, 6) is 2.22. The van der Waals surface area contributed by atoms with Crippen molar-refractivity contribution in [1.82, 2.24) is 0 Å². The standard InChI is InChI=1S/C14H26O2/c1-10(2)9-16-14(15)13-7-5-12(6-8-13)11(3)4/h10-13H,5-9H2,1-4H3. The predicted molar refractivity (Wildman–Crippen MR) is 66.1 cm³/mol. The van der Waals surface area contributed by atoms with Crippen LogP contribution < -0.4 is 0 Å². The van der Waals surface area contributed by atoms with E-state index in [1.807, 2.05) is 0 Å². The van der Waals surface area contributed by atoms with Gasteiger partial charge >= 0.3 is 5.97 Å². The minimum Gasteiger partial charge on any atom is -0.465 e. The molecule has 0 heterocycles. The van der Waals surface area contributed by atoms with Crippen LogP contribution in [0.2, 0.25) is 0 Å². The van der Waals surface area contributed by atoms with Gasteiger partial charge < -0.3 is 4.74 Å². The summed E-state index contributed by atoms with van der Waals surface area (Å²) in [6, 6.07) is 0. The Bertz CT molecular complexity index is 213. The average Bonchev–Trinajstić information content (AvgIpc) is 2.26. The van der Waals surface area contributed by atoms with Gasteiger partial charge in [0.25, 0.3) is 0 Å². The van der Waals surface area contributed by atoms with Crippen LogP contribution >= 0.6 is 0 Å². The van der Waals surface area contributed by atoms with Crippen LogP contribution in [-0.4, -0.2) is 12.6 Å². The Labute approximate surface area is 99.8 Å². The first-order valence-electron chi connectivity index (χ1n) is 6.67. The SMILES string of the molecule is CC(C)COC(=O)C1CCC(C(C)C)CC1. The lowest BCUT2D eigenvalue weighted by atomic mass is 9.77. The molecular formula is C14H26O2. The summed E-state index contributed by atoms with van der Waals surface area (Å²) in [7, 11) is 0. The highest BCUT2D eigenvalue weighted by atomic mass is 16.5. The maximum atomic E-state index is 11.8. The van der Waals surface area contributed by atoms with Crippen molar-refractivity contribution in [3.05, 3.63) is 0 Å². The molecule has 16 heavy (non-hydrogen) atoms. The number of hydrogen-bond acceptors (Lipinski definition) is 2. The topological polar surface area (TPSA) is 26.3 Å². The average molecular weight is 226 g/mol. The van der Waals surface area contributed by atoms with E-state index in [9.17, 15) is 4.79 Å². The van der Waals surface area contributed by atoms with Gasteiger partial charge in [0.2, 0.25) is 0 Å². The van der Waals surface area contributed by atoms with Crippen LogP contribution in [0.4, 0.5) is 0 Å². The van der Waals surface area contributed by atoms with E-state index >= 15 is 0 Å². The molecule has 94 valence electrons. The molecule has 0 N–H and O–H groups in total. The lowest BCUT2D eigenvalue weighted by Crippen LogP contribution is -2.26.